The van der Waals surface area contributed by atoms with Gasteiger partial charge in [-0.25, -0.2) is 0 Å². The monoisotopic (exact) mass is 321 g/mol. The molecule has 1 saturated heterocycles. The van der Waals surface area contributed by atoms with Gasteiger partial charge < -0.3 is 4.90 Å². The van der Waals surface area contributed by atoms with Crippen LogP contribution in [0.15, 0.2) is 48.7 Å². The second-order valence-corrected chi connectivity index (χ2v) is 6.74. The van der Waals surface area contributed by atoms with Gasteiger partial charge in [-0.15, -0.1) is 0 Å². The van der Waals surface area contributed by atoms with Crippen LogP contribution in [0.25, 0.3) is 0 Å². The van der Waals surface area contributed by atoms with Crippen molar-refractivity contribution in [2.24, 2.45) is 5.92 Å². The fraction of sp³-hybridized carbons (Fsp3) is 0.400. The molecule has 0 N–H and O–H groups in total. The number of aromatic nitrogens is 1. The number of hydrogen-bond donors (Lipinski definition) is 0. The van der Waals surface area contributed by atoms with Crippen molar-refractivity contribution in [1.29, 1.82) is 0 Å². The number of amides is 1. The van der Waals surface area contributed by atoms with Crippen molar-refractivity contribution < 1.29 is 4.79 Å². The molecule has 0 aliphatic carbocycles. The normalized spacial score (nSPS) is 18.6. The molecule has 0 bridgehead atoms. The van der Waals surface area contributed by atoms with E-state index in [9.17, 15) is 4.79 Å². The van der Waals surface area contributed by atoms with Gasteiger partial charge in [-0.3, -0.25) is 14.7 Å². The number of piperidine rings is 1. The molecule has 1 fully saturated rings. The molecule has 124 valence electrons. The molecule has 2 aliphatic rings. The lowest BCUT2D eigenvalue weighted by atomic mass is 9.95. The third kappa shape index (κ3) is 3.06. The van der Waals surface area contributed by atoms with E-state index in [4.69, 9.17) is 0 Å². The second-order valence-electron chi connectivity index (χ2n) is 6.74. The van der Waals surface area contributed by atoms with E-state index in [-0.39, 0.29) is 5.92 Å². The number of nitrogens with zero attached hydrogens (tertiary/aromatic N) is 3. The van der Waals surface area contributed by atoms with Crippen molar-refractivity contribution in [3.8, 4) is 0 Å². The molecule has 24 heavy (non-hydrogen) atoms. The van der Waals surface area contributed by atoms with E-state index in [1.54, 1.807) is 0 Å². The van der Waals surface area contributed by atoms with Crippen molar-refractivity contribution in [2.45, 2.75) is 25.8 Å². The molecule has 0 unspecified atom stereocenters. The largest absolute Gasteiger partial charge is 0.312 e. The topological polar surface area (TPSA) is 36.4 Å². The fourth-order valence-corrected chi connectivity index (χ4v) is 3.85. The van der Waals surface area contributed by atoms with Crippen molar-refractivity contribution in [3.05, 3.63) is 59.9 Å². The molecule has 1 aromatic heterocycles. The highest BCUT2D eigenvalue weighted by Crippen LogP contribution is 2.31. The molecule has 0 radical (unpaired) electrons. The van der Waals surface area contributed by atoms with Gasteiger partial charge >= 0.3 is 0 Å². The maximum Gasteiger partial charge on any atom is 0.230 e. The molecule has 1 amide bonds. The summed E-state index contributed by atoms with van der Waals surface area (Å²) in [4.78, 5) is 21.7. The van der Waals surface area contributed by atoms with E-state index in [2.05, 4.69) is 34.1 Å². The molecule has 0 spiro atoms. The zero-order chi connectivity index (χ0) is 16.4. The number of anilines is 1. The minimum Gasteiger partial charge on any atom is -0.312 e. The summed E-state index contributed by atoms with van der Waals surface area (Å²) < 4.78 is 0. The lowest BCUT2D eigenvalue weighted by Gasteiger charge is -2.33. The Morgan fingerprint density at radius 2 is 1.83 bits per heavy atom. The van der Waals surface area contributed by atoms with Gasteiger partial charge in [-0.2, -0.15) is 0 Å². The molecule has 4 heteroatoms. The summed E-state index contributed by atoms with van der Waals surface area (Å²) >= 11 is 0. The summed E-state index contributed by atoms with van der Waals surface area (Å²) in [6.07, 6.45) is 4.73. The smallest absolute Gasteiger partial charge is 0.230 e. The van der Waals surface area contributed by atoms with E-state index in [0.717, 1.165) is 56.8 Å². The Balaban J connectivity index is 1.35. The van der Waals surface area contributed by atoms with Gasteiger partial charge in [0.1, 0.15) is 0 Å². The molecular formula is C20H23N3O. The van der Waals surface area contributed by atoms with E-state index in [1.807, 2.05) is 29.3 Å². The van der Waals surface area contributed by atoms with Crippen molar-refractivity contribution in [1.82, 2.24) is 9.88 Å². The van der Waals surface area contributed by atoms with Crippen molar-refractivity contribution in [3.63, 3.8) is 0 Å². The molecule has 2 aliphatic heterocycles. The predicted molar refractivity (Wildman–Crippen MR) is 94.7 cm³/mol. The summed E-state index contributed by atoms with van der Waals surface area (Å²) in [5, 5.41) is 0. The number of rotatable bonds is 3. The molecule has 0 saturated carbocycles. The van der Waals surface area contributed by atoms with Crippen LogP contribution < -0.4 is 4.90 Å². The van der Waals surface area contributed by atoms with Crippen molar-refractivity contribution in [2.75, 3.05) is 24.5 Å². The van der Waals surface area contributed by atoms with E-state index >= 15 is 0 Å². The molecule has 3 heterocycles. The molecule has 4 rings (SSSR count). The van der Waals surface area contributed by atoms with Gasteiger partial charge in [0.25, 0.3) is 0 Å². The highest BCUT2D eigenvalue weighted by atomic mass is 16.2. The van der Waals surface area contributed by atoms with Crippen LogP contribution in [0.1, 0.15) is 24.1 Å². The number of carbonyl (C=O) groups excluding carboxylic acids is 1. The quantitative estimate of drug-likeness (QED) is 0.872. The summed E-state index contributed by atoms with van der Waals surface area (Å²) in [6.45, 7) is 3.67. The standard InChI is InChI=1S/C20H23N3O/c24-20(23-14-10-16-5-1-2-7-19(16)23)17-8-12-22(13-9-17)15-18-6-3-4-11-21-18/h1-7,11,17H,8-10,12-15H2. The third-order valence-electron chi connectivity index (χ3n) is 5.20. The molecular weight excluding hydrogens is 298 g/mol. The van der Waals surface area contributed by atoms with Crippen LogP contribution >= 0.6 is 0 Å². The van der Waals surface area contributed by atoms with E-state index in [1.165, 1.54) is 5.56 Å². The van der Waals surface area contributed by atoms with Crippen LogP contribution in [0.2, 0.25) is 0 Å². The zero-order valence-corrected chi connectivity index (χ0v) is 13.9. The summed E-state index contributed by atoms with van der Waals surface area (Å²) in [7, 11) is 0. The molecule has 0 atom stereocenters. The predicted octanol–water partition coefficient (Wildman–Crippen LogP) is 2.88. The highest BCUT2D eigenvalue weighted by molar-refractivity contribution is 5.97. The Morgan fingerprint density at radius 3 is 2.62 bits per heavy atom. The lowest BCUT2D eigenvalue weighted by molar-refractivity contribution is -0.123. The number of pyridine rings is 1. The maximum atomic E-state index is 12.9. The average Bonchev–Trinajstić information content (AvgIpc) is 3.07. The Hall–Kier alpha value is -2.20. The van der Waals surface area contributed by atoms with Gasteiger partial charge in [0.15, 0.2) is 0 Å². The third-order valence-corrected chi connectivity index (χ3v) is 5.20. The minimum absolute atomic E-state index is 0.163. The number of hydrogen-bond acceptors (Lipinski definition) is 3. The van der Waals surface area contributed by atoms with E-state index < -0.39 is 0 Å². The first-order valence-electron chi connectivity index (χ1n) is 8.83. The van der Waals surface area contributed by atoms with E-state index in [0.29, 0.717) is 5.91 Å². The average molecular weight is 321 g/mol. The zero-order valence-electron chi connectivity index (χ0n) is 13.9. The van der Waals surface area contributed by atoms with Gasteiger partial charge in [-0.1, -0.05) is 24.3 Å². The first kappa shape index (κ1) is 15.3. The number of benzene rings is 1. The van der Waals surface area contributed by atoms with Gasteiger partial charge in [-0.05, 0) is 56.1 Å². The Kier molecular flexibility index (Phi) is 4.30. The molecule has 2 aromatic rings. The second kappa shape index (κ2) is 6.73. The Labute approximate surface area is 143 Å². The Morgan fingerprint density at radius 1 is 1.04 bits per heavy atom. The highest BCUT2D eigenvalue weighted by Gasteiger charge is 2.32. The minimum atomic E-state index is 0.163. The SMILES string of the molecule is O=C(C1CCN(Cc2ccccn2)CC1)N1CCc2ccccc21. The first-order chi connectivity index (χ1) is 11.8. The van der Waals surface area contributed by atoms with Crippen LogP contribution in [0.4, 0.5) is 5.69 Å². The van der Waals surface area contributed by atoms with Gasteiger partial charge in [0.05, 0.1) is 5.69 Å². The summed E-state index contributed by atoms with van der Waals surface area (Å²) in [6, 6.07) is 14.3. The number of likely N-dealkylation sites (tertiary alicyclic amines) is 1. The first-order valence-corrected chi connectivity index (χ1v) is 8.83. The maximum absolute atomic E-state index is 12.9. The Bertz CT molecular complexity index is 708. The molecule has 1 aromatic carbocycles. The van der Waals surface area contributed by atoms with Crippen LogP contribution in [0.3, 0.4) is 0 Å². The number of fused-ring (bicyclic) bond motifs is 1. The van der Waals surface area contributed by atoms with Crippen molar-refractivity contribution >= 4 is 11.6 Å². The fourth-order valence-electron chi connectivity index (χ4n) is 3.85. The molecule has 4 nitrogen and oxygen atoms in total. The van der Waals surface area contributed by atoms with Gasteiger partial charge in [0, 0.05) is 30.9 Å². The number of para-hydroxylation sites is 1. The van der Waals surface area contributed by atoms with Crippen LogP contribution in [-0.4, -0.2) is 35.4 Å². The van der Waals surface area contributed by atoms with Crippen LogP contribution in [-0.2, 0) is 17.8 Å². The van der Waals surface area contributed by atoms with Crippen LogP contribution in [0, 0.1) is 5.92 Å². The summed E-state index contributed by atoms with van der Waals surface area (Å²) in [5.41, 5.74) is 3.53. The summed E-state index contributed by atoms with van der Waals surface area (Å²) in [5.74, 6) is 0.480. The number of carbonyl (C=O) groups is 1. The van der Waals surface area contributed by atoms with Crippen LogP contribution in [0.5, 0.6) is 0 Å². The lowest BCUT2D eigenvalue weighted by Crippen LogP contribution is -2.42. The van der Waals surface area contributed by atoms with Gasteiger partial charge in [0.2, 0.25) is 5.91 Å².